The molecule has 0 saturated heterocycles. The summed E-state index contributed by atoms with van der Waals surface area (Å²) in [5.74, 6) is 1.18. The quantitative estimate of drug-likeness (QED) is 0.926. The number of rotatable bonds is 4. The van der Waals surface area contributed by atoms with E-state index in [9.17, 15) is 13.2 Å². The van der Waals surface area contributed by atoms with Crippen LogP contribution >= 0.6 is 0 Å². The van der Waals surface area contributed by atoms with E-state index >= 15 is 0 Å². The van der Waals surface area contributed by atoms with Gasteiger partial charge in [0.25, 0.3) is 0 Å². The average Bonchev–Trinajstić information content (AvgIpc) is 2.53. The van der Waals surface area contributed by atoms with Crippen LogP contribution in [-0.4, -0.2) is 29.4 Å². The molecule has 0 amide bonds. The van der Waals surface area contributed by atoms with Gasteiger partial charge < -0.3 is 15.0 Å². The molecule has 0 unspecified atom stereocenters. The van der Waals surface area contributed by atoms with E-state index < -0.39 is 6.36 Å². The van der Waals surface area contributed by atoms with Crippen molar-refractivity contribution in [2.45, 2.75) is 26.3 Å². The van der Waals surface area contributed by atoms with Gasteiger partial charge in [0.15, 0.2) is 0 Å². The van der Waals surface area contributed by atoms with Gasteiger partial charge in [-0.1, -0.05) is 6.07 Å². The smallest absolute Gasteiger partial charge is 0.406 e. The average molecular weight is 338 g/mol. The first-order valence-electron chi connectivity index (χ1n) is 7.64. The zero-order valence-electron chi connectivity index (χ0n) is 13.1. The van der Waals surface area contributed by atoms with Gasteiger partial charge in [0.05, 0.1) is 0 Å². The fraction of sp³-hybridized carbons (Fsp3) is 0.375. The van der Waals surface area contributed by atoms with Crippen LogP contribution in [0.4, 0.5) is 24.9 Å². The first-order valence-corrected chi connectivity index (χ1v) is 7.64. The molecule has 0 bridgehead atoms. The summed E-state index contributed by atoms with van der Waals surface area (Å²) >= 11 is 0. The van der Waals surface area contributed by atoms with Crippen molar-refractivity contribution in [1.29, 1.82) is 0 Å². The second-order valence-electron chi connectivity index (χ2n) is 5.42. The minimum absolute atomic E-state index is 0.175. The van der Waals surface area contributed by atoms with Gasteiger partial charge >= 0.3 is 6.36 Å². The summed E-state index contributed by atoms with van der Waals surface area (Å²) in [6.45, 7) is 3.96. The third kappa shape index (κ3) is 3.87. The summed E-state index contributed by atoms with van der Waals surface area (Å²) in [5, 5.41) is 3.06. The van der Waals surface area contributed by atoms with E-state index in [4.69, 9.17) is 0 Å². The van der Waals surface area contributed by atoms with Crippen LogP contribution in [0.5, 0.6) is 5.75 Å². The van der Waals surface area contributed by atoms with Crippen LogP contribution in [0.3, 0.4) is 0 Å². The molecular weight excluding hydrogens is 321 g/mol. The van der Waals surface area contributed by atoms with E-state index in [-0.39, 0.29) is 5.75 Å². The third-order valence-corrected chi connectivity index (χ3v) is 3.72. The Kier molecular flexibility index (Phi) is 4.46. The standard InChI is InChI=1S/C16H17F3N4O/c1-2-20-15-21-7-5-14(22-15)23-8-6-11-9-13(24-16(17,18)19)4-3-12(11)10-23/h3-5,7,9H,2,6,8,10H2,1H3,(H,20,21,22). The highest BCUT2D eigenvalue weighted by Gasteiger charge is 2.31. The predicted octanol–water partition coefficient (Wildman–Crippen LogP) is 3.37. The molecule has 0 aliphatic carbocycles. The van der Waals surface area contributed by atoms with Crippen LogP contribution in [0.25, 0.3) is 0 Å². The number of nitrogens with zero attached hydrogens (tertiary/aromatic N) is 3. The highest BCUT2D eigenvalue weighted by molar-refractivity contribution is 5.47. The maximum Gasteiger partial charge on any atom is 0.573 e. The Morgan fingerprint density at radius 2 is 2.08 bits per heavy atom. The first-order chi connectivity index (χ1) is 11.4. The topological polar surface area (TPSA) is 50.3 Å². The van der Waals surface area contributed by atoms with Crippen molar-refractivity contribution in [2.75, 3.05) is 23.3 Å². The number of benzene rings is 1. The van der Waals surface area contributed by atoms with Gasteiger partial charge in [-0.05, 0) is 42.7 Å². The summed E-state index contributed by atoms with van der Waals surface area (Å²) in [7, 11) is 0. The molecule has 2 aromatic rings. The molecule has 128 valence electrons. The van der Waals surface area contributed by atoms with E-state index in [0.717, 1.165) is 23.5 Å². The molecule has 1 aromatic heterocycles. The molecule has 0 fully saturated rings. The molecular formula is C16H17F3N4O. The van der Waals surface area contributed by atoms with Crippen LogP contribution in [0, 0.1) is 0 Å². The molecule has 0 saturated carbocycles. The Morgan fingerprint density at radius 3 is 2.83 bits per heavy atom. The van der Waals surface area contributed by atoms with Crippen molar-refractivity contribution in [1.82, 2.24) is 9.97 Å². The molecule has 1 aliphatic heterocycles. The molecule has 2 heterocycles. The molecule has 3 rings (SSSR count). The van der Waals surface area contributed by atoms with E-state index in [1.807, 2.05) is 13.0 Å². The fourth-order valence-corrected chi connectivity index (χ4v) is 2.69. The normalized spacial score (nSPS) is 14.2. The Bertz CT molecular complexity index is 721. The monoisotopic (exact) mass is 338 g/mol. The maximum absolute atomic E-state index is 12.3. The van der Waals surface area contributed by atoms with Gasteiger partial charge in [-0.3, -0.25) is 0 Å². The zero-order chi connectivity index (χ0) is 17.2. The van der Waals surface area contributed by atoms with Crippen molar-refractivity contribution >= 4 is 11.8 Å². The Hall–Kier alpha value is -2.51. The van der Waals surface area contributed by atoms with E-state index in [1.54, 1.807) is 12.3 Å². The summed E-state index contributed by atoms with van der Waals surface area (Å²) < 4.78 is 40.9. The molecule has 1 N–H and O–H groups in total. The number of alkyl halides is 3. The van der Waals surface area contributed by atoms with E-state index in [1.165, 1.54) is 12.1 Å². The van der Waals surface area contributed by atoms with Gasteiger partial charge in [-0.25, -0.2) is 4.98 Å². The van der Waals surface area contributed by atoms with Crippen molar-refractivity contribution in [3.05, 3.63) is 41.6 Å². The number of fused-ring (bicyclic) bond motifs is 1. The Labute approximate surface area is 137 Å². The predicted molar refractivity (Wildman–Crippen MR) is 84.1 cm³/mol. The molecule has 8 heteroatoms. The highest BCUT2D eigenvalue weighted by Crippen LogP contribution is 2.29. The van der Waals surface area contributed by atoms with Crippen LogP contribution in [0.15, 0.2) is 30.5 Å². The van der Waals surface area contributed by atoms with E-state index in [2.05, 4.69) is 24.9 Å². The SMILES string of the molecule is CCNc1nccc(N2CCc3cc(OC(F)(F)F)ccc3C2)n1. The number of anilines is 2. The van der Waals surface area contributed by atoms with Crippen molar-refractivity contribution in [3.63, 3.8) is 0 Å². The lowest BCUT2D eigenvalue weighted by molar-refractivity contribution is -0.274. The minimum atomic E-state index is -4.67. The number of nitrogens with one attached hydrogen (secondary N) is 1. The largest absolute Gasteiger partial charge is 0.573 e. The second-order valence-corrected chi connectivity index (χ2v) is 5.42. The lowest BCUT2D eigenvalue weighted by atomic mass is 9.99. The minimum Gasteiger partial charge on any atom is -0.406 e. The molecule has 5 nitrogen and oxygen atoms in total. The van der Waals surface area contributed by atoms with Gasteiger partial charge in [0, 0.05) is 25.8 Å². The van der Waals surface area contributed by atoms with Crippen LogP contribution < -0.4 is 15.0 Å². The summed E-state index contributed by atoms with van der Waals surface area (Å²) in [5.41, 5.74) is 1.84. The van der Waals surface area contributed by atoms with Crippen LogP contribution in [0.2, 0.25) is 0 Å². The zero-order valence-corrected chi connectivity index (χ0v) is 13.1. The van der Waals surface area contributed by atoms with Gasteiger partial charge in [-0.2, -0.15) is 4.98 Å². The van der Waals surface area contributed by atoms with Gasteiger partial charge in [-0.15, -0.1) is 13.2 Å². The van der Waals surface area contributed by atoms with Crippen molar-refractivity contribution in [2.24, 2.45) is 0 Å². The maximum atomic E-state index is 12.3. The van der Waals surface area contributed by atoms with Gasteiger partial charge in [0.1, 0.15) is 11.6 Å². The molecule has 1 aromatic carbocycles. The molecule has 1 aliphatic rings. The number of aromatic nitrogens is 2. The molecule has 24 heavy (non-hydrogen) atoms. The molecule has 0 spiro atoms. The van der Waals surface area contributed by atoms with Crippen molar-refractivity contribution < 1.29 is 17.9 Å². The van der Waals surface area contributed by atoms with Gasteiger partial charge in [0.2, 0.25) is 5.95 Å². The summed E-state index contributed by atoms with van der Waals surface area (Å²) in [6, 6.07) is 6.31. The second kappa shape index (κ2) is 6.54. The number of hydrogen-bond donors (Lipinski definition) is 1. The Morgan fingerprint density at radius 1 is 1.25 bits per heavy atom. The summed E-state index contributed by atoms with van der Waals surface area (Å²) in [4.78, 5) is 10.7. The van der Waals surface area contributed by atoms with Crippen molar-refractivity contribution in [3.8, 4) is 5.75 Å². The lowest BCUT2D eigenvalue weighted by Gasteiger charge is -2.30. The molecule has 0 atom stereocenters. The molecule has 0 radical (unpaired) electrons. The van der Waals surface area contributed by atoms with E-state index in [0.29, 0.717) is 25.5 Å². The fourth-order valence-electron chi connectivity index (χ4n) is 2.69. The highest BCUT2D eigenvalue weighted by atomic mass is 19.4. The van der Waals surface area contributed by atoms with Crippen LogP contribution in [0.1, 0.15) is 18.1 Å². The van der Waals surface area contributed by atoms with Crippen LogP contribution in [-0.2, 0) is 13.0 Å². The number of ether oxygens (including phenoxy) is 1. The lowest BCUT2D eigenvalue weighted by Crippen LogP contribution is -2.31. The number of hydrogen-bond acceptors (Lipinski definition) is 5. The third-order valence-electron chi connectivity index (χ3n) is 3.72. The first kappa shape index (κ1) is 16.4. The Balaban J connectivity index is 1.76. The summed E-state index contributed by atoms with van der Waals surface area (Å²) in [6.07, 6.45) is -2.35. The number of halogens is 3.